The molecule has 9 heteroatoms. The molecular formula is C17H9N7OS. The molecule has 2 heterocycles. The van der Waals surface area contributed by atoms with Gasteiger partial charge >= 0.3 is 5.56 Å². The first-order valence-corrected chi connectivity index (χ1v) is 8.13. The fourth-order valence-corrected chi connectivity index (χ4v) is 3.05. The highest BCUT2D eigenvalue weighted by molar-refractivity contribution is 7.15. The van der Waals surface area contributed by atoms with Crippen molar-refractivity contribution in [3.05, 3.63) is 57.0 Å². The first-order valence-electron chi connectivity index (χ1n) is 7.25. The molecule has 0 aliphatic rings. The van der Waals surface area contributed by atoms with Crippen molar-refractivity contribution in [2.75, 3.05) is 5.32 Å². The highest BCUT2D eigenvalue weighted by Crippen LogP contribution is 2.26. The number of hydrogen-bond donors (Lipinski definition) is 1. The summed E-state index contributed by atoms with van der Waals surface area (Å²) in [6.45, 7) is 1.85. The zero-order valence-electron chi connectivity index (χ0n) is 13.4. The maximum absolute atomic E-state index is 12.4. The molecule has 1 aromatic carbocycles. The van der Waals surface area contributed by atoms with Gasteiger partial charge in [-0.25, -0.2) is 4.52 Å². The van der Waals surface area contributed by atoms with E-state index in [1.54, 1.807) is 47.0 Å². The Hall–Kier alpha value is -4.00. The van der Waals surface area contributed by atoms with Gasteiger partial charge in [-0.3, -0.25) is 4.79 Å². The monoisotopic (exact) mass is 359 g/mol. The molecule has 0 saturated heterocycles. The van der Waals surface area contributed by atoms with Crippen molar-refractivity contribution >= 4 is 22.0 Å². The van der Waals surface area contributed by atoms with E-state index in [1.807, 2.05) is 12.3 Å². The molecule has 2 aromatic heterocycles. The van der Waals surface area contributed by atoms with Crippen LogP contribution in [0.2, 0.25) is 0 Å². The number of hydrogen-bond acceptors (Lipinski definition) is 8. The maximum Gasteiger partial charge on any atom is 0.300 e. The van der Waals surface area contributed by atoms with Crippen LogP contribution in [0.5, 0.6) is 0 Å². The Bertz CT molecular complexity index is 1210. The van der Waals surface area contributed by atoms with E-state index >= 15 is 0 Å². The van der Waals surface area contributed by atoms with Crippen LogP contribution in [0.25, 0.3) is 16.2 Å². The summed E-state index contributed by atoms with van der Waals surface area (Å²) in [6, 6.07) is 11.8. The summed E-state index contributed by atoms with van der Waals surface area (Å²) in [5.41, 5.74) is 0.638. The fraction of sp³-hybridized carbons (Fsp3) is 0.0588. The summed E-state index contributed by atoms with van der Waals surface area (Å²) in [7, 11) is 0. The van der Waals surface area contributed by atoms with Gasteiger partial charge < -0.3 is 5.32 Å². The standard InChI is InChI=1S/C17H9N7OS/c1-10-9-26-17-22-16(25)15(23-24(10)17)12-4-2-3-5-13(12)21-14(8-20)11(6-18)7-19/h2-5,9,21H,1H3. The summed E-state index contributed by atoms with van der Waals surface area (Å²) in [5.74, 6) is 0. The normalized spacial score (nSPS) is 9.77. The van der Waals surface area contributed by atoms with Crippen molar-refractivity contribution < 1.29 is 0 Å². The fourth-order valence-electron chi connectivity index (χ4n) is 2.25. The zero-order valence-corrected chi connectivity index (χ0v) is 14.2. The van der Waals surface area contributed by atoms with Crippen molar-refractivity contribution in [2.24, 2.45) is 0 Å². The zero-order chi connectivity index (χ0) is 18.7. The first kappa shape index (κ1) is 16.8. The molecule has 0 radical (unpaired) electrons. The Balaban J connectivity index is 2.19. The van der Waals surface area contributed by atoms with Crippen molar-refractivity contribution in [3.8, 4) is 29.5 Å². The van der Waals surface area contributed by atoms with Crippen molar-refractivity contribution in [2.45, 2.75) is 6.92 Å². The van der Waals surface area contributed by atoms with Crippen LogP contribution in [0.3, 0.4) is 0 Å². The summed E-state index contributed by atoms with van der Waals surface area (Å²) in [5, 5.41) is 36.1. The van der Waals surface area contributed by atoms with Gasteiger partial charge in [-0.2, -0.15) is 25.9 Å². The van der Waals surface area contributed by atoms with Crippen LogP contribution < -0.4 is 10.9 Å². The maximum atomic E-state index is 12.4. The number of benzene rings is 1. The number of fused-ring (bicyclic) bond motifs is 1. The molecule has 0 spiro atoms. The van der Waals surface area contributed by atoms with Gasteiger partial charge in [-0.1, -0.05) is 18.2 Å². The quantitative estimate of drug-likeness (QED) is 0.710. The second-order valence-corrected chi connectivity index (χ2v) is 5.93. The summed E-state index contributed by atoms with van der Waals surface area (Å²) < 4.78 is 1.56. The molecule has 0 amide bonds. The molecule has 26 heavy (non-hydrogen) atoms. The molecule has 0 aliphatic heterocycles. The van der Waals surface area contributed by atoms with Crippen LogP contribution in [-0.4, -0.2) is 14.6 Å². The molecule has 124 valence electrons. The van der Waals surface area contributed by atoms with Gasteiger partial charge in [-0.15, -0.1) is 11.3 Å². The van der Waals surface area contributed by atoms with Gasteiger partial charge in [0.05, 0.1) is 5.69 Å². The Morgan fingerprint density at radius 3 is 2.62 bits per heavy atom. The van der Waals surface area contributed by atoms with Gasteiger partial charge in [0.2, 0.25) is 4.96 Å². The van der Waals surface area contributed by atoms with Crippen LogP contribution in [0.15, 0.2) is 45.7 Å². The minimum Gasteiger partial charge on any atom is -0.345 e. The number of allylic oxidation sites excluding steroid dienone is 2. The highest BCUT2D eigenvalue weighted by Gasteiger charge is 2.16. The summed E-state index contributed by atoms with van der Waals surface area (Å²) in [6.07, 6.45) is 0. The molecular weight excluding hydrogens is 350 g/mol. The molecule has 0 aliphatic carbocycles. The van der Waals surface area contributed by atoms with E-state index < -0.39 is 5.56 Å². The minimum absolute atomic E-state index is 0.0971. The van der Waals surface area contributed by atoms with Crippen LogP contribution in [0.4, 0.5) is 5.69 Å². The molecule has 8 nitrogen and oxygen atoms in total. The predicted octanol–water partition coefficient (Wildman–Crippen LogP) is 2.36. The van der Waals surface area contributed by atoms with E-state index in [0.717, 1.165) is 5.69 Å². The lowest BCUT2D eigenvalue weighted by Crippen LogP contribution is -2.16. The van der Waals surface area contributed by atoms with Crippen LogP contribution in [0, 0.1) is 40.9 Å². The number of aromatic nitrogens is 3. The number of nitrogens with one attached hydrogen (secondary N) is 1. The lowest BCUT2D eigenvalue weighted by atomic mass is 10.1. The largest absolute Gasteiger partial charge is 0.345 e. The number of anilines is 1. The van der Waals surface area contributed by atoms with Crippen LogP contribution >= 0.6 is 11.3 Å². The summed E-state index contributed by atoms with van der Waals surface area (Å²) in [4.78, 5) is 16.9. The Morgan fingerprint density at radius 2 is 1.92 bits per heavy atom. The van der Waals surface area contributed by atoms with Crippen molar-refractivity contribution in [1.29, 1.82) is 15.8 Å². The van der Waals surface area contributed by atoms with E-state index in [4.69, 9.17) is 10.5 Å². The van der Waals surface area contributed by atoms with Crippen LogP contribution in [0.1, 0.15) is 5.69 Å². The number of para-hydroxylation sites is 1. The van der Waals surface area contributed by atoms with Crippen LogP contribution in [-0.2, 0) is 0 Å². The van der Waals surface area contributed by atoms with Gasteiger partial charge in [-0.05, 0) is 13.0 Å². The Morgan fingerprint density at radius 1 is 1.19 bits per heavy atom. The van der Waals surface area contributed by atoms with E-state index in [9.17, 15) is 10.1 Å². The predicted molar refractivity (Wildman–Crippen MR) is 94.8 cm³/mol. The van der Waals surface area contributed by atoms with E-state index in [0.29, 0.717) is 16.2 Å². The highest BCUT2D eigenvalue weighted by atomic mass is 32.1. The number of thiazole rings is 1. The molecule has 0 atom stereocenters. The van der Waals surface area contributed by atoms with Gasteiger partial charge in [0.1, 0.15) is 23.9 Å². The van der Waals surface area contributed by atoms with E-state index in [-0.39, 0.29) is 17.0 Å². The molecule has 0 unspecified atom stereocenters. The van der Waals surface area contributed by atoms with E-state index in [2.05, 4.69) is 15.4 Å². The number of rotatable bonds is 3. The SMILES string of the molecule is Cc1csc2nc(=O)c(-c3ccccc3NC(C#N)=C(C#N)C#N)nn12. The topological polar surface area (TPSA) is 131 Å². The van der Waals surface area contributed by atoms with Gasteiger partial charge in [0.25, 0.3) is 0 Å². The number of nitriles is 3. The minimum atomic E-state index is -0.510. The first-order chi connectivity index (χ1) is 12.6. The van der Waals surface area contributed by atoms with Gasteiger partial charge in [0, 0.05) is 16.6 Å². The lowest BCUT2D eigenvalue weighted by molar-refractivity contribution is 0.874. The van der Waals surface area contributed by atoms with Crippen molar-refractivity contribution in [1.82, 2.24) is 14.6 Å². The Kier molecular flexibility index (Phi) is 4.44. The summed E-state index contributed by atoms with van der Waals surface area (Å²) >= 11 is 1.31. The third-order valence-corrected chi connectivity index (χ3v) is 4.41. The van der Waals surface area contributed by atoms with Crippen molar-refractivity contribution in [3.63, 3.8) is 0 Å². The van der Waals surface area contributed by atoms with Gasteiger partial charge in [0.15, 0.2) is 11.3 Å². The molecule has 3 aromatic rings. The second kappa shape index (κ2) is 6.86. The molecule has 3 rings (SSSR count). The number of nitrogens with zero attached hydrogens (tertiary/aromatic N) is 6. The second-order valence-electron chi connectivity index (χ2n) is 5.09. The average molecular weight is 359 g/mol. The number of aryl methyl sites for hydroxylation is 1. The molecule has 1 N–H and O–H groups in total. The Labute approximate surface area is 151 Å². The lowest BCUT2D eigenvalue weighted by Gasteiger charge is -2.10. The molecule has 0 bridgehead atoms. The third-order valence-electron chi connectivity index (χ3n) is 3.48. The molecule has 0 fully saturated rings. The smallest absolute Gasteiger partial charge is 0.300 e. The average Bonchev–Trinajstić information content (AvgIpc) is 3.01. The molecule has 0 saturated carbocycles. The van der Waals surface area contributed by atoms with E-state index in [1.165, 1.54) is 11.3 Å². The third kappa shape index (κ3) is 2.89.